The Bertz CT molecular complexity index is 329. The molecule has 1 aliphatic rings. The third-order valence-electron chi connectivity index (χ3n) is 2.97. The molecular weight excluding hydrogens is 184 g/mol. The molecule has 0 aromatic rings. The Morgan fingerprint density at radius 1 is 1.53 bits per heavy atom. The SMILES string of the molecule is CC=CC(=O)C1C(CC)=CC=CC1(C)C. The van der Waals surface area contributed by atoms with Crippen LogP contribution in [0.5, 0.6) is 0 Å². The lowest BCUT2D eigenvalue weighted by atomic mass is 9.69. The molecule has 15 heavy (non-hydrogen) atoms. The van der Waals surface area contributed by atoms with E-state index in [1.54, 1.807) is 6.08 Å². The molecule has 1 rings (SSSR count). The van der Waals surface area contributed by atoms with Crippen LogP contribution in [0.3, 0.4) is 0 Å². The van der Waals surface area contributed by atoms with E-state index in [1.807, 2.05) is 13.0 Å². The second-order valence-electron chi connectivity index (χ2n) is 4.61. The van der Waals surface area contributed by atoms with E-state index in [0.717, 1.165) is 6.42 Å². The summed E-state index contributed by atoms with van der Waals surface area (Å²) in [6.45, 7) is 8.24. The molecule has 82 valence electrons. The second kappa shape index (κ2) is 4.61. The standard InChI is InChI=1S/C14H20O/c1-5-8-12(15)13-11(6-2)9-7-10-14(13,3)4/h5,7-10,13H,6H2,1-4H3. The summed E-state index contributed by atoms with van der Waals surface area (Å²) in [6, 6.07) is 0. The van der Waals surface area contributed by atoms with E-state index in [-0.39, 0.29) is 17.1 Å². The molecule has 1 atom stereocenters. The zero-order chi connectivity index (χ0) is 11.5. The molecule has 0 amide bonds. The fourth-order valence-corrected chi connectivity index (χ4v) is 2.22. The molecule has 1 heteroatoms. The van der Waals surface area contributed by atoms with Crippen LogP contribution in [-0.4, -0.2) is 5.78 Å². The van der Waals surface area contributed by atoms with Gasteiger partial charge < -0.3 is 0 Å². The van der Waals surface area contributed by atoms with Crippen LogP contribution in [0, 0.1) is 11.3 Å². The van der Waals surface area contributed by atoms with E-state index < -0.39 is 0 Å². The van der Waals surface area contributed by atoms with Crippen LogP contribution in [0.15, 0.2) is 36.0 Å². The van der Waals surface area contributed by atoms with Crippen molar-refractivity contribution < 1.29 is 4.79 Å². The minimum atomic E-state index is -0.0588. The van der Waals surface area contributed by atoms with Crippen molar-refractivity contribution >= 4 is 5.78 Å². The maximum absolute atomic E-state index is 12.0. The average molecular weight is 204 g/mol. The number of hydrogen-bond acceptors (Lipinski definition) is 1. The lowest BCUT2D eigenvalue weighted by Crippen LogP contribution is -2.31. The van der Waals surface area contributed by atoms with Crippen LogP contribution in [0.2, 0.25) is 0 Å². The van der Waals surface area contributed by atoms with E-state index in [0.29, 0.717) is 0 Å². The molecule has 1 aliphatic carbocycles. The first-order chi connectivity index (χ1) is 7.03. The minimum absolute atomic E-state index is 0.0173. The van der Waals surface area contributed by atoms with Crippen molar-refractivity contribution in [3.63, 3.8) is 0 Å². The molecule has 0 aliphatic heterocycles. The topological polar surface area (TPSA) is 17.1 Å². The molecule has 0 radical (unpaired) electrons. The summed E-state index contributed by atoms with van der Waals surface area (Å²) < 4.78 is 0. The third kappa shape index (κ3) is 2.47. The smallest absolute Gasteiger partial charge is 0.163 e. The number of rotatable bonds is 3. The molecule has 1 unspecified atom stereocenters. The van der Waals surface area contributed by atoms with Crippen molar-refractivity contribution in [1.29, 1.82) is 0 Å². The lowest BCUT2D eigenvalue weighted by Gasteiger charge is -2.34. The Morgan fingerprint density at radius 2 is 2.20 bits per heavy atom. The van der Waals surface area contributed by atoms with Crippen molar-refractivity contribution in [2.45, 2.75) is 34.1 Å². The van der Waals surface area contributed by atoms with Gasteiger partial charge in [0.25, 0.3) is 0 Å². The Hall–Kier alpha value is -1.11. The Morgan fingerprint density at radius 3 is 2.73 bits per heavy atom. The van der Waals surface area contributed by atoms with Crippen molar-refractivity contribution in [3.8, 4) is 0 Å². The van der Waals surface area contributed by atoms with Crippen LogP contribution < -0.4 is 0 Å². The van der Waals surface area contributed by atoms with Gasteiger partial charge in [0.15, 0.2) is 5.78 Å². The fraction of sp³-hybridized carbons (Fsp3) is 0.500. The van der Waals surface area contributed by atoms with Crippen LogP contribution in [0.4, 0.5) is 0 Å². The zero-order valence-corrected chi connectivity index (χ0v) is 10.1. The van der Waals surface area contributed by atoms with E-state index in [2.05, 4.69) is 39.0 Å². The fourth-order valence-electron chi connectivity index (χ4n) is 2.22. The Labute approximate surface area is 92.6 Å². The second-order valence-corrected chi connectivity index (χ2v) is 4.61. The molecule has 0 aromatic carbocycles. The van der Waals surface area contributed by atoms with Gasteiger partial charge in [-0.3, -0.25) is 4.79 Å². The summed E-state index contributed by atoms with van der Waals surface area (Å²) in [7, 11) is 0. The highest BCUT2D eigenvalue weighted by molar-refractivity contribution is 5.94. The summed E-state index contributed by atoms with van der Waals surface area (Å²) in [5, 5.41) is 0. The van der Waals surface area contributed by atoms with Crippen molar-refractivity contribution in [1.82, 2.24) is 0 Å². The summed E-state index contributed by atoms with van der Waals surface area (Å²) in [5.74, 6) is 0.239. The van der Waals surface area contributed by atoms with Gasteiger partial charge in [0.05, 0.1) is 5.92 Å². The number of hydrogen-bond donors (Lipinski definition) is 0. The molecule has 0 bridgehead atoms. The maximum Gasteiger partial charge on any atom is 0.163 e. The summed E-state index contributed by atoms with van der Waals surface area (Å²) in [4.78, 5) is 12.0. The monoisotopic (exact) mass is 204 g/mol. The third-order valence-corrected chi connectivity index (χ3v) is 2.97. The van der Waals surface area contributed by atoms with Gasteiger partial charge in [-0.1, -0.05) is 50.6 Å². The summed E-state index contributed by atoms with van der Waals surface area (Å²) >= 11 is 0. The van der Waals surface area contributed by atoms with Gasteiger partial charge in [-0.2, -0.15) is 0 Å². The van der Waals surface area contributed by atoms with Crippen LogP contribution >= 0.6 is 0 Å². The minimum Gasteiger partial charge on any atom is -0.294 e. The highest BCUT2D eigenvalue weighted by Gasteiger charge is 2.35. The molecule has 0 spiro atoms. The molecule has 0 aromatic heterocycles. The molecular formula is C14H20O. The van der Waals surface area contributed by atoms with E-state index in [9.17, 15) is 4.79 Å². The highest BCUT2D eigenvalue weighted by atomic mass is 16.1. The van der Waals surface area contributed by atoms with Crippen molar-refractivity contribution in [3.05, 3.63) is 36.0 Å². The molecule has 0 heterocycles. The first-order valence-corrected chi connectivity index (χ1v) is 5.57. The van der Waals surface area contributed by atoms with Gasteiger partial charge in [-0.05, 0) is 24.8 Å². The van der Waals surface area contributed by atoms with E-state index in [1.165, 1.54) is 5.57 Å². The number of ketones is 1. The van der Waals surface area contributed by atoms with Gasteiger partial charge in [-0.15, -0.1) is 0 Å². The molecule has 0 N–H and O–H groups in total. The predicted octanol–water partition coefficient (Wildman–Crippen LogP) is 3.68. The first kappa shape index (κ1) is 12.0. The lowest BCUT2D eigenvalue weighted by molar-refractivity contribution is -0.119. The highest BCUT2D eigenvalue weighted by Crippen LogP contribution is 2.39. The van der Waals surface area contributed by atoms with Gasteiger partial charge >= 0.3 is 0 Å². The zero-order valence-electron chi connectivity index (χ0n) is 10.1. The number of carbonyl (C=O) groups excluding carboxylic acids is 1. The van der Waals surface area contributed by atoms with Gasteiger partial charge in [0.2, 0.25) is 0 Å². The number of carbonyl (C=O) groups is 1. The van der Waals surface area contributed by atoms with E-state index in [4.69, 9.17) is 0 Å². The molecule has 0 saturated carbocycles. The van der Waals surface area contributed by atoms with Gasteiger partial charge in [-0.25, -0.2) is 0 Å². The van der Waals surface area contributed by atoms with E-state index >= 15 is 0 Å². The molecule has 1 nitrogen and oxygen atoms in total. The Balaban J connectivity index is 3.05. The normalized spacial score (nSPS) is 24.3. The van der Waals surface area contributed by atoms with Crippen LogP contribution in [0.1, 0.15) is 34.1 Å². The number of allylic oxidation sites excluding steroid dienone is 6. The largest absolute Gasteiger partial charge is 0.294 e. The quantitative estimate of drug-likeness (QED) is 0.641. The van der Waals surface area contributed by atoms with Gasteiger partial charge in [0, 0.05) is 0 Å². The van der Waals surface area contributed by atoms with Crippen LogP contribution in [0.25, 0.3) is 0 Å². The summed E-state index contributed by atoms with van der Waals surface area (Å²) in [6.07, 6.45) is 10.7. The summed E-state index contributed by atoms with van der Waals surface area (Å²) in [5.41, 5.74) is 1.18. The van der Waals surface area contributed by atoms with Crippen LogP contribution in [-0.2, 0) is 4.79 Å². The Kier molecular flexibility index (Phi) is 3.67. The average Bonchev–Trinajstić information content (AvgIpc) is 2.16. The predicted molar refractivity (Wildman–Crippen MR) is 64.6 cm³/mol. The molecule has 0 saturated heterocycles. The molecule has 0 fully saturated rings. The van der Waals surface area contributed by atoms with Gasteiger partial charge in [0.1, 0.15) is 0 Å². The van der Waals surface area contributed by atoms with Crippen molar-refractivity contribution in [2.75, 3.05) is 0 Å². The maximum atomic E-state index is 12.0. The van der Waals surface area contributed by atoms with Crippen molar-refractivity contribution in [2.24, 2.45) is 11.3 Å². The first-order valence-electron chi connectivity index (χ1n) is 5.57.